The van der Waals surface area contributed by atoms with Crippen LogP contribution in [0.2, 0.25) is 0 Å². The summed E-state index contributed by atoms with van der Waals surface area (Å²) in [6.07, 6.45) is 2.00. The van der Waals surface area contributed by atoms with Gasteiger partial charge in [0.05, 0.1) is 6.61 Å². The molecule has 3 saturated heterocycles. The van der Waals surface area contributed by atoms with Crippen molar-refractivity contribution in [2.24, 2.45) is 5.92 Å². The average Bonchev–Trinajstić information content (AvgIpc) is 3.28. The van der Waals surface area contributed by atoms with E-state index in [4.69, 9.17) is 9.47 Å². The molecule has 1 aromatic carbocycles. The smallest absolute Gasteiger partial charge is 0.345 e. The van der Waals surface area contributed by atoms with Gasteiger partial charge in [-0.3, -0.25) is 10.2 Å². The number of aromatic carboxylic acids is 1. The van der Waals surface area contributed by atoms with Crippen molar-refractivity contribution in [1.29, 1.82) is 0 Å². The van der Waals surface area contributed by atoms with E-state index in [0.29, 0.717) is 12.5 Å². The Kier molecular flexibility index (Phi) is 6.71. The molecule has 2 bridgehead atoms. The van der Waals surface area contributed by atoms with Crippen molar-refractivity contribution in [3.05, 3.63) is 57.8 Å². The molecule has 1 aromatic heterocycles. The molecule has 0 aliphatic carbocycles. The lowest BCUT2D eigenvalue weighted by atomic mass is 9.85. The summed E-state index contributed by atoms with van der Waals surface area (Å²) in [5.41, 5.74) is -0.423. The third-order valence-corrected chi connectivity index (χ3v) is 7.34. The van der Waals surface area contributed by atoms with Crippen LogP contribution in [0.3, 0.4) is 0 Å². The fourth-order valence-electron chi connectivity index (χ4n) is 4.53. The Morgan fingerprint density at radius 3 is 2.52 bits per heavy atom. The third-order valence-electron chi connectivity index (χ3n) is 6.27. The van der Waals surface area contributed by atoms with Crippen LogP contribution in [-0.2, 0) is 26.4 Å². The first-order valence-electron chi connectivity index (χ1n) is 10.6. The summed E-state index contributed by atoms with van der Waals surface area (Å²) in [6, 6.07) is 12.8. The van der Waals surface area contributed by atoms with E-state index < -0.39 is 11.5 Å². The molecular formula is C23H28N2O5S. The lowest BCUT2D eigenvalue weighted by Crippen LogP contribution is -2.57. The van der Waals surface area contributed by atoms with Crippen LogP contribution in [0.25, 0.3) is 0 Å². The Morgan fingerprint density at radius 1 is 1.19 bits per heavy atom. The van der Waals surface area contributed by atoms with E-state index in [2.05, 4.69) is 10.2 Å². The second-order valence-electron chi connectivity index (χ2n) is 8.21. The van der Waals surface area contributed by atoms with Crippen molar-refractivity contribution in [2.45, 2.75) is 31.0 Å². The summed E-state index contributed by atoms with van der Waals surface area (Å²) < 4.78 is 11.6. The monoisotopic (exact) mass is 444 g/mol. The maximum atomic E-state index is 13.7. The van der Waals surface area contributed by atoms with Crippen molar-refractivity contribution < 1.29 is 24.2 Å². The predicted octanol–water partition coefficient (Wildman–Crippen LogP) is 2.72. The number of nitrogens with zero attached hydrogens (tertiary/aromatic N) is 1. The van der Waals surface area contributed by atoms with Crippen LogP contribution in [0.15, 0.2) is 42.5 Å². The fourth-order valence-corrected chi connectivity index (χ4v) is 5.32. The summed E-state index contributed by atoms with van der Waals surface area (Å²) in [7, 11) is 1.56. The summed E-state index contributed by atoms with van der Waals surface area (Å²) in [4.78, 5) is 28.3. The number of ether oxygens (including phenoxy) is 2. The highest BCUT2D eigenvalue weighted by Gasteiger charge is 2.45. The number of nitrogens with one attached hydrogen (secondary N) is 1. The molecule has 0 radical (unpaired) electrons. The maximum Gasteiger partial charge on any atom is 0.345 e. The third kappa shape index (κ3) is 4.67. The van der Waals surface area contributed by atoms with Gasteiger partial charge in [0.1, 0.15) is 11.0 Å². The molecule has 8 heteroatoms. The normalized spacial score (nSPS) is 24.5. The zero-order valence-corrected chi connectivity index (χ0v) is 18.4. The molecule has 3 aliphatic heterocycles. The minimum Gasteiger partial charge on any atom is -0.477 e. The number of carbonyl (C=O) groups excluding carboxylic acids is 1. The number of hydrogen-bond donors (Lipinski definition) is 2. The van der Waals surface area contributed by atoms with E-state index in [-0.39, 0.29) is 23.6 Å². The van der Waals surface area contributed by atoms with Crippen molar-refractivity contribution in [3.63, 3.8) is 0 Å². The highest BCUT2D eigenvalue weighted by molar-refractivity contribution is 7.13. The summed E-state index contributed by atoms with van der Waals surface area (Å²) >= 11 is 1.19. The van der Waals surface area contributed by atoms with Crippen LogP contribution in [0.5, 0.6) is 0 Å². The fraction of sp³-hybridized carbons (Fsp3) is 0.478. The van der Waals surface area contributed by atoms with E-state index in [0.717, 1.165) is 42.9 Å². The van der Waals surface area contributed by atoms with Gasteiger partial charge in [0.2, 0.25) is 0 Å². The van der Waals surface area contributed by atoms with Crippen LogP contribution in [0.4, 0.5) is 0 Å². The number of rotatable bonds is 9. The quantitative estimate of drug-likeness (QED) is 0.575. The molecule has 5 rings (SSSR count). The minimum atomic E-state index is -1.19. The lowest BCUT2D eigenvalue weighted by molar-refractivity contribution is -0.170. The van der Waals surface area contributed by atoms with Crippen LogP contribution in [-0.4, -0.2) is 61.4 Å². The van der Waals surface area contributed by atoms with Gasteiger partial charge in [-0.1, -0.05) is 30.3 Å². The molecule has 7 nitrogen and oxygen atoms in total. The number of thiophene rings is 1. The van der Waals surface area contributed by atoms with Crippen molar-refractivity contribution in [3.8, 4) is 0 Å². The molecule has 4 heterocycles. The van der Waals surface area contributed by atoms with Gasteiger partial charge in [-0.2, -0.15) is 0 Å². The molecule has 31 heavy (non-hydrogen) atoms. The van der Waals surface area contributed by atoms with Gasteiger partial charge in [-0.05, 0) is 49.5 Å². The van der Waals surface area contributed by atoms with Crippen molar-refractivity contribution >= 4 is 23.3 Å². The van der Waals surface area contributed by atoms with Crippen LogP contribution in [0.1, 0.15) is 33.0 Å². The number of carboxylic acids is 1. The second-order valence-corrected chi connectivity index (χ2v) is 9.38. The highest BCUT2D eigenvalue weighted by Crippen LogP contribution is 2.32. The average molecular weight is 445 g/mol. The zero-order chi connectivity index (χ0) is 21.8. The van der Waals surface area contributed by atoms with Gasteiger partial charge in [0.15, 0.2) is 5.54 Å². The molecule has 0 saturated carbocycles. The molecule has 3 fully saturated rings. The molecule has 1 unspecified atom stereocenters. The molecule has 0 amide bonds. The summed E-state index contributed by atoms with van der Waals surface area (Å²) in [6.45, 7) is 3.35. The van der Waals surface area contributed by atoms with Crippen LogP contribution < -0.4 is 5.32 Å². The molecule has 0 spiro atoms. The topological polar surface area (TPSA) is 88.1 Å². The van der Waals surface area contributed by atoms with Crippen molar-refractivity contribution in [1.82, 2.24) is 10.2 Å². The van der Waals surface area contributed by atoms with Gasteiger partial charge < -0.3 is 14.6 Å². The molecule has 2 aromatic rings. The van der Waals surface area contributed by atoms with Gasteiger partial charge in [0.25, 0.3) is 0 Å². The number of methoxy groups -OCH3 is 1. The Morgan fingerprint density at radius 2 is 1.94 bits per heavy atom. The number of esters is 1. The zero-order valence-electron chi connectivity index (χ0n) is 17.6. The van der Waals surface area contributed by atoms with Gasteiger partial charge in [-0.25, -0.2) is 9.59 Å². The van der Waals surface area contributed by atoms with E-state index in [9.17, 15) is 14.7 Å². The SMILES string of the molecule is COCC(NCc1ccc(C(=O)O)s1)(C(=O)O[C@H]1CN2CCC1CC2)c1ccccc1. The number of fused-ring (bicyclic) bond motifs is 3. The number of benzene rings is 1. The van der Waals surface area contributed by atoms with Crippen LogP contribution in [0, 0.1) is 5.92 Å². The standard InChI is InChI=1S/C23H28N2O5S/c1-29-15-23(17-5-3-2-4-6-17,24-13-18-7-8-20(31-18)21(26)27)22(28)30-19-14-25-11-9-16(19)10-12-25/h2-8,16,19,24H,9-15H2,1H3,(H,26,27)/t19-,23?/m0/s1. The van der Waals surface area contributed by atoms with E-state index in [1.54, 1.807) is 19.2 Å². The van der Waals surface area contributed by atoms with E-state index >= 15 is 0 Å². The maximum absolute atomic E-state index is 13.7. The highest BCUT2D eigenvalue weighted by atomic mass is 32.1. The Balaban J connectivity index is 1.59. The Labute approximate surface area is 186 Å². The molecule has 2 atom stereocenters. The molecule has 3 aliphatic rings. The Hall–Kier alpha value is -2.26. The first-order valence-corrected chi connectivity index (χ1v) is 11.4. The molecular weight excluding hydrogens is 416 g/mol. The van der Waals surface area contributed by atoms with Gasteiger partial charge in [-0.15, -0.1) is 11.3 Å². The summed E-state index contributed by atoms with van der Waals surface area (Å²) in [5.74, 6) is -0.904. The lowest BCUT2D eigenvalue weighted by Gasteiger charge is -2.45. The van der Waals surface area contributed by atoms with E-state index in [1.165, 1.54) is 11.3 Å². The predicted molar refractivity (Wildman–Crippen MR) is 117 cm³/mol. The number of hydrogen-bond acceptors (Lipinski definition) is 7. The summed E-state index contributed by atoms with van der Waals surface area (Å²) in [5, 5.41) is 12.6. The van der Waals surface area contributed by atoms with Crippen molar-refractivity contribution in [2.75, 3.05) is 33.4 Å². The molecule has 166 valence electrons. The second kappa shape index (κ2) is 9.48. The minimum absolute atomic E-state index is 0.105. The largest absolute Gasteiger partial charge is 0.477 e. The first kappa shape index (κ1) is 22.0. The molecule has 2 N–H and O–H groups in total. The van der Waals surface area contributed by atoms with Crippen LogP contribution >= 0.6 is 11.3 Å². The van der Waals surface area contributed by atoms with Gasteiger partial charge >= 0.3 is 11.9 Å². The van der Waals surface area contributed by atoms with E-state index in [1.807, 2.05) is 30.3 Å². The first-order chi connectivity index (χ1) is 15.0. The van der Waals surface area contributed by atoms with Gasteiger partial charge in [0, 0.05) is 25.1 Å². The number of carbonyl (C=O) groups is 2. The number of piperidine rings is 3. The number of carboxylic acid groups (broad SMARTS) is 1. The Bertz CT molecular complexity index is 910.